The van der Waals surface area contributed by atoms with Crippen LogP contribution in [-0.2, 0) is 28.6 Å². The molecule has 1 unspecified atom stereocenters. The summed E-state index contributed by atoms with van der Waals surface area (Å²) in [7, 11) is 0. The number of carbonyl (C=O) groups is 3. The van der Waals surface area contributed by atoms with Gasteiger partial charge in [0.1, 0.15) is 13.2 Å². The van der Waals surface area contributed by atoms with Gasteiger partial charge in [0.2, 0.25) is 0 Å². The van der Waals surface area contributed by atoms with E-state index >= 15 is 0 Å². The van der Waals surface area contributed by atoms with Crippen LogP contribution < -0.4 is 0 Å². The second-order valence-corrected chi connectivity index (χ2v) is 23.7. The second-order valence-electron chi connectivity index (χ2n) is 23.7. The van der Waals surface area contributed by atoms with E-state index < -0.39 is 6.10 Å². The van der Waals surface area contributed by atoms with Crippen molar-refractivity contribution in [3.63, 3.8) is 0 Å². The summed E-state index contributed by atoms with van der Waals surface area (Å²) in [5.41, 5.74) is 0. The predicted octanol–water partition coefficient (Wildman–Crippen LogP) is 24.8. The maximum absolute atomic E-state index is 12.9. The predicted molar refractivity (Wildman–Crippen MR) is 362 cm³/mol. The van der Waals surface area contributed by atoms with Gasteiger partial charge >= 0.3 is 17.9 Å². The molecule has 1 atom stereocenters. The van der Waals surface area contributed by atoms with Gasteiger partial charge in [-0.05, 0) is 96.3 Å². The minimum absolute atomic E-state index is 0.0738. The minimum atomic E-state index is -0.776. The molecule has 0 rings (SSSR count). The lowest BCUT2D eigenvalue weighted by atomic mass is 10.0. The highest BCUT2D eigenvalue weighted by molar-refractivity contribution is 5.71. The van der Waals surface area contributed by atoms with Gasteiger partial charge in [0.25, 0.3) is 0 Å². The molecule has 0 radical (unpaired) electrons. The minimum Gasteiger partial charge on any atom is -0.462 e. The number of unbranched alkanes of at least 4 members (excludes halogenated alkanes) is 38. The largest absolute Gasteiger partial charge is 0.462 e. The number of esters is 3. The molecule has 6 nitrogen and oxygen atoms in total. The zero-order valence-electron chi connectivity index (χ0n) is 54.9. The maximum atomic E-state index is 12.9. The molecule has 478 valence electrons. The molecule has 0 saturated heterocycles. The smallest absolute Gasteiger partial charge is 0.306 e. The van der Waals surface area contributed by atoms with Crippen molar-refractivity contribution in [1.29, 1.82) is 0 Å². The molecule has 0 bridgehead atoms. The first-order valence-electron chi connectivity index (χ1n) is 35.7. The number of allylic oxidation sites excluding steroid dienone is 16. The maximum Gasteiger partial charge on any atom is 0.306 e. The topological polar surface area (TPSA) is 78.9 Å². The van der Waals surface area contributed by atoms with Crippen LogP contribution in [-0.4, -0.2) is 37.2 Å². The summed E-state index contributed by atoms with van der Waals surface area (Å²) in [5.74, 6) is -0.868. The number of hydrogen-bond acceptors (Lipinski definition) is 6. The summed E-state index contributed by atoms with van der Waals surface area (Å²) in [6.45, 7) is 6.41. The molecular formula is C77H134O6. The van der Waals surface area contributed by atoms with Crippen LogP contribution in [0.2, 0.25) is 0 Å². The van der Waals surface area contributed by atoms with Gasteiger partial charge in [0, 0.05) is 19.3 Å². The molecule has 83 heavy (non-hydrogen) atoms. The van der Waals surface area contributed by atoms with E-state index in [1.807, 2.05) is 0 Å². The van der Waals surface area contributed by atoms with E-state index in [2.05, 4.69) is 118 Å². The van der Waals surface area contributed by atoms with E-state index in [0.29, 0.717) is 19.3 Å². The quantitative estimate of drug-likeness (QED) is 0.0261. The molecule has 0 aromatic carbocycles. The first-order valence-corrected chi connectivity index (χ1v) is 35.7. The Balaban J connectivity index is 3.99. The van der Waals surface area contributed by atoms with Crippen molar-refractivity contribution in [1.82, 2.24) is 0 Å². The Morgan fingerprint density at radius 1 is 0.253 bits per heavy atom. The summed E-state index contributed by atoms with van der Waals surface area (Å²) in [6.07, 6.45) is 96.2. The summed E-state index contributed by atoms with van der Waals surface area (Å²) in [5, 5.41) is 0. The fraction of sp³-hybridized carbons (Fsp3) is 0.753. The standard InChI is InChI=1S/C77H134O6/c1-4-7-10-13-16-18-20-22-24-26-28-30-32-33-34-35-36-37-38-39-40-41-42-43-45-46-48-50-52-54-56-58-61-64-67-70-76(79)82-73-74(72-81-75(78)69-66-63-60-15-12-9-6-3)83-77(80)71-68-65-62-59-57-55-53-51-49-47-44-31-29-27-25-23-21-19-17-14-11-8-5-2/h7-8,10-11,16-19,22-25,28-31,74H,4-6,9,12-15,20-21,26-27,32-73H2,1-3H3/b10-7-,11-8-,18-16-,19-17-,24-22-,25-23-,30-28-,31-29-. The van der Waals surface area contributed by atoms with Crippen LogP contribution in [0.3, 0.4) is 0 Å². The molecule has 0 saturated carbocycles. The normalized spacial score (nSPS) is 12.7. The van der Waals surface area contributed by atoms with Gasteiger partial charge in [0.05, 0.1) is 0 Å². The number of ether oxygens (including phenoxy) is 3. The van der Waals surface area contributed by atoms with Crippen LogP contribution in [0.1, 0.15) is 355 Å². The Labute approximate surface area is 515 Å². The average Bonchev–Trinajstić information content (AvgIpc) is 3.49. The fourth-order valence-electron chi connectivity index (χ4n) is 10.3. The first-order chi connectivity index (χ1) is 41.0. The zero-order valence-corrected chi connectivity index (χ0v) is 54.9. The molecular weight excluding hydrogens is 1020 g/mol. The van der Waals surface area contributed by atoms with Gasteiger partial charge in [-0.3, -0.25) is 14.4 Å². The number of hydrogen-bond donors (Lipinski definition) is 0. The van der Waals surface area contributed by atoms with Crippen molar-refractivity contribution < 1.29 is 28.6 Å². The summed E-state index contributed by atoms with van der Waals surface area (Å²) in [4.78, 5) is 38.2. The van der Waals surface area contributed by atoms with Crippen molar-refractivity contribution in [2.45, 2.75) is 361 Å². The number of rotatable bonds is 65. The van der Waals surface area contributed by atoms with E-state index in [1.54, 1.807) is 0 Å². The van der Waals surface area contributed by atoms with Gasteiger partial charge in [-0.25, -0.2) is 0 Å². The highest BCUT2D eigenvalue weighted by atomic mass is 16.6. The van der Waals surface area contributed by atoms with Gasteiger partial charge in [-0.2, -0.15) is 0 Å². The third-order valence-corrected chi connectivity index (χ3v) is 15.6. The van der Waals surface area contributed by atoms with Crippen LogP contribution in [0, 0.1) is 0 Å². The molecule has 0 aromatic heterocycles. The Morgan fingerprint density at radius 2 is 0.470 bits per heavy atom. The van der Waals surface area contributed by atoms with Crippen molar-refractivity contribution in [3.8, 4) is 0 Å². The van der Waals surface area contributed by atoms with Crippen molar-refractivity contribution in [3.05, 3.63) is 97.2 Å². The zero-order chi connectivity index (χ0) is 59.9. The Kier molecular flexibility index (Phi) is 67.7. The lowest BCUT2D eigenvalue weighted by Gasteiger charge is -2.18. The molecule has 0 amide bonds. The van der Waals surface area contributed by atoms with Gasteiger partial charge < -0.3 is 14.2 Å². The molecule has 0 heterocycles. The van der Waals surface area contributed by atoms with E-state index in [4.69, 9.17) is 14.2 Å². The molecule has 0 aliphatic heterocycles. The van der Waals surface area contributed by atoms with Crippen molar-refractivity contribution in [2.75, 3.05) is 13.2 Å². The molecule has 0 fully saturated rings. The Morgan fingerprint density at radius 3 is 0.735 bits per heavy atom. The van der Waals surface area contributed by atoms with Gasteiger partial charge in [0.15, 0.2) is 6.10 Å². The highest BCUT2D eigenvalue weighted by Gasteiger charge is 2.19. The van der Waals surface area contributed by atoms with Crippen LogP contribution in [0.4, 0.5) is 0 Å². The highest BCUT2D eigenvalue weighted by Crippen LogP contribution is 2.18. The Bertz CT molecular complexity index is 1610. The van der Waals surface area contributed by atoms with Gasteiger partial charge in [-0.1, -0.05) is 336 Å². The molecule has 0 aromatic rings. The third-order valence-electron chi connectivity index (χ3n) is 15.6. The van der Waals surface area contributed by atoms with E-state index in [0.717, 1.165) is 109 Å². The van der Waals surface area contributed by atoms with Crippen molar-refractivity contribution in [2.24, 2.45) is 0 Å². The molecule has 0 N–H and O–H groups in total. The van der Waals surface area contributed by atoms with Crippen LogP contribution >= 0.6 is 0 Å². The molecule has 6 heteroatoms. The average molecular weight is 1160 g/mol. The second kappa shape index (κ2) is 70.8. The van der Waals surface area contributed by atoms with Crippen LogP contribution in [0.5, 0.6) is 0 Å². The lowest BCUT2D eigenvalue weighted by Crippen LogP contribution is -2.30. The van der Waals surface area contributed by atoms with Crippen LogP contribution in [0.25, 0.3) is 0 Å². The summed E-state index contributed by atoms with van der Waals surface area (Å²) < 4.78 is 16.9. The summed E-state index contributed by atoms with van der Waals surface area (Å²) in [6, 6.07) is 0. The molecule has 0 aliphatic carbocycles. The summed E-state index contributed by atoms with van der Waals surface area (Å²) >= 11 is 0. The fourth-order valence-corrected chi connectivity index (χ4v) is 10.3. The third kappa shape index (κ3) is 69.0. The lowest BCUT2D eigenvalue weighted by molar-refractivity contribution is -0.167. The number of carbonyl (C=O) groups excluding carboxylic acids is 3. The monoisotopic (exact) mass is 1160 g/mol. The van der Waals surface area contributed by atoms with Crippen LogP contribution in [0.15, 0.2) is 97.2 Å². The Hall–Kier alpha value is -3.67. The first kappa shape index (κ1) is 79.3. The molecule has 0 spiro atoms. The van der Waals surface area contributed by atoms with Gasteiger partial charge in [-0.15, -0.1) is 0 Å². The SMILES string of the molecule is CC/C=C\C/C=C\C/C=C\C/C=C\CCCCCCCCCCCCCCCCCCCCCCCCC(=O)OCC(COC(=O)CCCCCCCCC)OC(=O)CCCCCCCCCCCC/C=C\C/C=C\C/C=C\C/C=C\CC. The van der Waals surface area contributed by atoms with E-state index in [1.165, 1.54) is 205 Å². The van der Waals surface area contributed by atoms with E-state index in [-0.39, 0.29) is 31.1 Å². The molecule has 0 aliphatic rings. The van der Waals surface area contributed by atoms with Crippen molar-refractivity contribution >= 4 is 17.9 Å². The van der Waals surface area contributed by atoms with E-state index in [9.17, 15) is 14.4 Å².